The van der Waals surface area contributed by atoms with Gasteiger partial charge in [0.1, 0.15) is 17.3 Å². The molecule has 2 aromatic rings. The van der Waals surface area contributed by atoms with E-state index in [1.165, 1.54) is 0 Å². The van der Waals surface area contributed by atoms with Crippen LogP contribution in [0.3, 0.4) is 0 Å². The summed E-state index contributed by atoms with van der Waals surface area (Å²) in [7, 11) is 1.00. The number of phenolic OH excluding ortho intramolecular Hbond substituents is 1. The van der Waals surface area contributed by atoms with Crippen molar-refractivity contribution in [2.45, 2.75) is 0 Å². The van der Waals surface area contributed by atoms with E-state index in [0.29, 0.717) is 11.5 Å². The first-order chi connectivity index (χ1) is 7.86. The zero-order valence-corrected chi connectivity index (χ0v) is 8.83. The number of aromatic nitrogens is 2. The molecule has 0 atom stereocenters. The van der Waals surface area contributed by atoms with Gasteiger partial charge in [-0.05, 0) is 12.1 Å². The standard InChI is InChI=1S/C10H9N3O.CH4O/c14-9-4-2-1-3-8(9)13-7-10-11-5-6-12-10;1-2/h1-7,14H,(H,11,12);2H,1H3. The van der Waals surface area contributed by atoms with Gasteiger partial charge in [0.25, 0.3) is 0 Å². The molecule has 0 radical (unpaired) electrons. The van der Waals surface area contributed by atoms with E-state index in [1.807, 2.05) is 6.07 Å². The van der Waals surface area contributed by atoms with Crippen molar-refractivity contribution in [3.05, 3.63) is 42.5 Å². The number of para-hydroxylation sites is 2. The Balaban J connectivity index is 0.000000606. The van der Waals surface area contributed by atoms with Crippen molar-refractivity contribution in [3.63, 3.8) is 0 Å². The molecule has 0 aliphatic rings. The lowest BCUT2D eigenvalue weighted by molar-refractivity contribution is 0.399. The highest BCUT2D eigenvalue weighted by atomic mass is 16.3. The molecule has 84 valence electrons. The largest absolute Gasteiger partial charge is 0.506 e. The molecule has 0 aliphatic heterocycles. The lowest BCUT2D eigenvalue weighted by Gasteiger charge is -1.95. The molecule has 5 heteroatoms. The third-order valence-electron chi connectivity index (χ3n) is 1.73. The van der Waals surface area contributed by atoms with Crippen LogP contribution in [0.4, 0.5) is 5.69 Å². The van der Waals surface area contributed by atoms with Crippen LogP contribution in [0.2, 0.25) is 0 Å². The number of aliphatic hydroxyl groups is 1. The van der Waals surface area contributed by atoms with Gasteiger partial charge in [-0.3, -0.25) is 0 Å². The number of aliphatic hydroxyl groups excluding tert-OH is 1. The molecule has 1 aromatic heterocycles. The third-order valence-corrected chi connectivity index (χ3v) is 1.73. The smallest absolute Gasteiger partial charge is 0.148 e. The van der Waals surface area contributed by atoms with Crippen LogP contribution in [0.5, 0.6) is 5.75 Å². The maximum absolute atomic E-state index is 9.39. The summed E-state index contributed by atoms with van der Waals surface area (Å²) in [5.41, 5.74) is 0.531. The van der Waals surface area contributed by atoms with Gasteiger partial charge in [-0.15, -0.1) is 0 Å². The summed E-state index contributed by atoms with van der Waals surface area (Å²) in [5.74, 6) is 0.823. The van der Waals surface area contributed by atoms with Gasteiger partial charge in [-0.1, -0.05) is 12.1 Å². The molecule has 2 rings (SSSR count). The van der Waals surface area contributed by atoms with E-state index >= 15 is 0 Å². The first-order valence-corrected chi connectivity index (χ1v) is 4.62. The van der Waals surface area contributed by atoms with Crippen LogP contribution in [0.15, 0.2) is 41.7 Å². The molecule has 16 heavy (non-hydrogen) atoms. The summed E-state index contributed by atoms with van der Waals surface area (Å²) in [4.78, 5) is 10.9. The summed E-state index contributed by atoms with van der Waals surface area (Å²) in [6.07, 6.45) is 4.92. The Morgan fingerprint density at radius 3 is 2.69 bits per heavy atom. The fourth-order valence-electron chi connectivity index (χ4n) is 1.05. The number of hydrogen-bond donors (Lipinski definition) is 3. The Hall–Kier alpha value is -2.14. The number of imidazole rings is 1. The molecule has 0 bridgehead atoms. The van der Waals surface area contributed by atoms with Crippen molar-refractivity contribution in [3.8, 4) is 5.75 Å². The van der Waals surface area contributed by atoms with E-state index in [2.05, 4.69) is 15.0 Å². The fourth-order valence-corrected chi connectivity index (χ4v) is 1.05. The number of aliphatic imine (C=N–C) groups is 1. The number of benzene rings is 1. The summed E-state index contributed by atoms with van der Waals surface area (Å²) in [6, 6.07) is 6.89. The highest BCUT2D eigenvalue weighted by Gasteiger charge is 1.95. The topological polar surface area (TPSA) is 81.5 Å². The summed E-state index contributed by atoms with van der Waals surface area (Å²) < 4.78 is 0. The zero-order valence-electron chi connectivity index (χ0n) is 8.83. The van der Waals surface area contributed by atoms with Gasteiger partial charge in [-0.2, -0.15) is 0 Å². The second kappa shape index (κ2) is 6.36. The van der Waals surface area contributed by atoms with Gasteiger partial charge >= 0.3 is 0 Å². The SMILES string of the molecule is CO.Oc1ccccc1N=Cc1ncc[nH]1. The summed E-state index contributed by atoms with van der Waals surface area (Å²) in [5, 5.41) is 16.4. The minimum Gasteiger partial charge on any atom is -0.506 e. The molecule has 0 aliphatic carbocycles. The number of rotatable bonds is 2. The lowest BCUT2D eigenvalue weighted by Crippen LogP contribution is -1.82. The van der Waals surface area contributed by atoms with Crippen molar-refractivity contribution >= 4 is 11.9 Å². The number of aromatic hydroxyl groups is 1. The van der Waals surface area contributed by atoms with Crippen LogP contribution < -0.4 is 0 Å². The molecule has 0 unspecified atom stereocenters. The Morgan fingerprint density at radius 1 is 1.31 bits per heavy atom. The Labute approximate surface area is 93.1 Å². The maximum atomic E-state index is 9.39. The van der Waals surface area contributed by atoms with Gasteiger partial charge in [0.15, 0.2) is 0 Å². The second-order valence-corrected chi connectivity index (χ2v) is 2.72. The number of nitrogens with zero attached hydrogens (tertiary/aromatic N) is 2. The highest BCUT2D eigenvalue weighted by molar-refractivity contribution is 5.78. The van der Waals surface area contributed by atoms with Crippen molar-refractivity contribution in [1.29, 1.82) is 0 Å². The van der Waals surface area contributed by atoms with Crippen LogP contribution in [-0.2, 0) is 0 Å². The van der Waals surface area contributed by atoms with Crippen molar-refractivity contribution in [1.82, 2.24) is 9.97 Å². The minimum atomic E-state index is 0.162. The molecular weight excluding hydrogens is 206 g/mol. The third kappa shape index (κ3) is 3.21. The highest BCUT2D eigenvalue weighted by Crippen LogP contribution is 2.24. The number of aromatic amines is 1. The monoisotopic (exact) mass is 219 g/mol. The molecule has 0 spiro atoms. The van der Waals surface area contributed by atoms with Gasteiger partial charge in [0, 0.05) is 19.5 Å². The Kier molecular flexibility index (Phi) is 4.75. The average molecular weight is 219 g/mol. The Morgan fingerprint density at radius 2 is 2.06 bits per heavy atom. The van der Waals surface area contributed by atoms with E-state index in [0.717, 1.165) is 7.11 Å². The first kappa shape index (κ1) is 11.9. The molecule has 0 fully saturated rings. The van der Waals surface area contributed by atoms with Crippen molar-refractivity contribution in [2.75, 3.05) is 7.11 Å². The van der Waals surface area contributed by atoms with Crippen LogP contribution >= 0.6 is 0 Å². The average Bonchev–Trinajstić information content (AvgIpc) is 2.84. The normalized spacial score (nSPS) is 9.88. The lowest BCUT2D eigenvalue weighted by atomic mass is 10.3. The minimum absolute atomic E-state index is 0.162. The van der Waals surface area contributed by atoms with Crippen molar-refractivity contribution in [2.24, 2.45) is 4.99 Å². The number of H-pyrrole nitrogens is 1. The summed E-state index contributed by atoms with van der Waals surface area (Å²) >= 11 is 0. The molecule has 0 saturated heterocycles. The van der Waals surface area contributed by atoms with Gasteiger partial charge in [-0.25, -0.2) is 9.98 Å². The molecule has 0 amide bonds. The molecule has 1 aromatic carbocycles. The van der Waals surface area contributed by atoms with Crippen LogP contribution in [0.1, 0.15) is 5.82 Å². The predicted octanol–water partition coefficient (Wildman–Crippen LogP) is 1.47. The molecule has 1 heterocycles. The van der Waals surface area contributed by atoms with Crippen LogP contribution in [0, 0.1) is 0 Å². The van der Waals surface area contributed by atoms with E-state index in [4.69, 9.17) is 5.11 Å². The van der Waals surface area contributed by atoms with E-state index in [9.17, 15) is 5.11 Å². The van der Waals surface area contributed by atoms with Crippen LogP contribution in [-0.4, -0.2) is 33.5 Å². The quantitative estimate of drug-likeness (QED) is 0.669. The zero-order chi connectivity index (χ0) is 11.8. The summed E-state index contributed by atoms with van der Waals surface area (Å²) in [6.45, 7) is 0. The predicted molar refractivity (Wildman–Crippen MR) is 62.1 cm³/mol. The van der Waals surface area contributed by atoms with E-state index in [1.54, 1.807) is 36.8 Å². The molecule has 3 N–H and O–H groups in total. The molecule has 0 saturated carbocycles. The van der Waals surface area contributed by atoms with E-state index in [-0.39, 0.29) is 5.75 Å². The maximum Gasteiger partial charge on any atom is 0.148 e. The first-order valence-electron chi connectivity index (χ1n) is 4.62. The second-order valence-electron chi connectivity index (χ2n) is 2.72. The van der Waals surface area contributed by atoms with Crippen molar-refractivity contribution < 1.29 is 10.2 Å². The molecular formula is C11H13N3O2. The van der Waals surface area contributed by atoms with Crippen LogP contribution in [0.25, 0.3) is 0 Å². The molecule has 5 nitrogen and oxygen atoms in total. The van der Waals surface area contributed by atoms with Gasteiger partial charge in [0.2, 0.25) is 0 Å². The number of phenols is 1. The van der Waals surface area contributed by atoms with Gasteiger partial charge < -0.3 is 15.2 Å². The van der Waals surface area contributed by atoms with E-state index < -0.39 is 0 Å². The Bertz CT molecular complexity index is 438. The fraction of sp³-hybridized carbons (Fsp3) is 0.0909. The number of hydrogen-bond acceptors (Lipinski definition) is 4. The number of nitrogens with one attached hydrogen (secondary N) is 1. The van der Waals surface area contributed by atoms with Gasteiger partial charge in [0.05, 0.1) is 6.21 Å².